The van der Waals surface area contributed by atoms with E-state index in [1.807, 2.05) is 12.1 Å². The van der Waals surface area contributed by atoms with Gasteiger partial charge in [0.05, 0.1) is 0 Å². The van der Waals surface area contributed by atoms with Gasteiger partial charge in [0.1, 0.15) is 11.5 Å². The Bertz CT molecular complexity index is 741. The third-order valence-electron chi connectivity index (χ3n) is 2.44. The maximum atomic E-state index is 6.00. The van der Waals surface area contributed by atoms with E-state index < -0.39 is 0 Å². The van der Waals surface area contributed by atoms with Crippen molar-refractivity contribution in [1.82, 2.24) is 19.6 Å². The summed E-state index contributed by atoms with van der Waals surface area (Å²) in [4.78, 5) is 4.02. The Labute approximate surface area is 121 Å². The molecule has 0 aliphatic heterocycles. The molecule has 18 heavy (non-hydrogen) atoms. The highest BCUT2D eigenvalue weighted by atomic mass is 79.9. The maximum Gasteiger partial charge on any atom is 0.170 e. The van der Waals surface area contributed by atoms with E-state index >= 15 is 0 Å². The lowest BCUT2D eigenvalue weighted by Gasteiger charge is -2.03. The van der Waals surface area contributed by atoms with E-state index in [2.05, 4.69) is 31.1 Å². The molecule has 0 saturated heterocycles. The van der Waals surface area contributed by atoms with E-state index in [-0.39, 0.29) is 0 Å². The lowest BCUT2D eigenvalue weighted by Crippen LogP contribution is -1.92. The third kappa shape index (κ3) is 1.98. The summed E-state index contributed by atoms with van der Waals surface area (Å²) in [6.45, 7) is 0. The maximum absolute atomic E-state index is 6.00. The standard InChI is InChI=1S/C11H5BrCl2N4/c12-8-2-1-6(13)3-7(8)11-17-16-10-4-9(14)15-5-18(10)11/h1-5H. The second-order valence-corrected chi connectivity index (χ2v) is 5.27. The van der Waals surface area contributed by atoms with Gasteiger partial charge in [-0.25, -0.2) is 4.98 Å². The van der Waals surface area contributed by atoms with E-state index in [1.165, 1.54) is 0 Å². The Hall–Kier alpha value is -1.17. The molecule has 4 nitrogen and oxygen atoms in total. The molecule has 90 valence electrons. The summed E-state index contributed by atoms with van der Waals surface area (Å²) < 4.78 is 2.64. The van der Waals surface area contributed by atoms with Crippen molar-refractivity contribution in [3.8, 4) is 11.4 Å². The number of hydrogen-bond donors (Lipinski definition) is 0. The van der Waals surface area contributed by atoms with Crippen LogP contribution >= 0.6 is 39.1 Å². The van der Waals surface area contributed by atoms with Crippen molar-refractivity contribution >= 4 is 44.8 Å². The van der Waals surface area contributed by atoms with Crippen LogP contribution in [0, 0.1) is 0 Å². The van der Waals surface area contributed by atoms with Gasteiger partial charge in [0, 0.05) is 21.1 Å². The number of fused-ring (bicyclic) bond motifs is 1. The number of halogens is 3. The molecule has 0 aliphatic rings. The van der Waals surface area contributed by atoms with Crippen LogP contribution in [0.2, 0.25) is 10.2 Å². The first-order valence-corrected chi connectivity index (χ1v) is 6.52. The molecule has 0 bridgehead atoms. The number of nitrogens with zero attached hydrogens (tertiary/aromatic N) is 4. The molecular weight excluding hydrogens is 339 g/mol. The molecule has 0 N–H and O–H groups in total. The summed E-state index contributed by atoms with van der Waals surface area (Å²) in [5.41, 5.74) is 1.48. The number of hydrogen-bond acceptors (Lipinski definition) is 3. The first-order valence-electron chi connectivity index (χ1n) is 4.97. The number of rotatable bonds is 1. The average molecular weight is 344 g/mol. The molecule has 0 spiro atoms. The highest BCUT2D eigenvalue weighted by Crippen LogP contribution is 2.29. The zero-order chi connectivity index (χ0) is 12.7. The monoisotopic (exact) mass is 342 g/mol. The summed E-state index contributed by atoms with van der Waals surface area (Å²) in [5.74, 6) is 0.656. The highest BCUT2D eigenvalue weighted by molar-refractivity contribution is 9.10. The molecule has 7 heteroatoms. The first-order chi connectivity index (χ1) is 8.65. The summed E-state index contributed by atoms with van der Waals surface area (Å²) in [6.07, 6.45) is 1.58. The van der Waals surface area contributed by atoms with E-state index in [0.29, 0.717) is 21.6 Å². The largest absolute Gasteiger partial charge is 0.265 e. The van der Waals surface area contributed by atoms with Crippen LogP contribution in [0.15, 0.2) is 35.1 Å². The lowest BCUT2D eigenvalue weighted by atomic mass is 10.2. The van der Waals surface area contributed by atoms with Gasteiger partial charge < -0.3 is 0 Å². The molecule has 2 heterocycles. The van der Waals surface area contributed by atoms with Crippen LogP contribution in [-0.2, 0) is 0 Å². The minimum Gasteiger partial charge on any atom is -0.265 e. The van der Waals surface area contributed by atoms with Gasteiger partial charge in [-0.15, -0.1) is 10.2 Å². The minimum absolute atomic E-state index is 0.381. The Kier molecular flexibility index (Phi) is 2.97. The number of aromatic nitrogens is 4. The van der Waals surface area contributed by atoms with Crippen LogP contribution in [0.1, 0.15) is 0 Å². The summed E-state index contributed by atoms with van der Waals surface area (Å²) >= 11 is 15.3. The molecule has 2 aromatic heterocycles. The summed E-state index contributed by atoms with van der Waals surface area (Å²) in [6, 6.07) is 7.13. The third-order valence-corrected chi connectivity index (χ3v) is 3.57. The molecule has 0 radical (unpaired) electrons. The second-order valence-electron chi connectivity index (χ2n) is 3.59. The second kappa shape index (κ2) is 4.50. The van der Waals surface area contributed by atoms with Gasteiger partial charge in [-0.3, -0.25) is 4.40 Å². The summed E-state index contributed by atoms with van der Waals surface area (Å²) in [5, 5.41) is 9.20. The topological polar surface area (TPSA) is 43.1 Å². The molecule has 0 atom stereocenters. The van der Waals surface area contributed by atoms with Crippen molar-refractivity contribution in [3.05, 3.63) is 45.2 Å². The van der Waals surface area contributed by atoms with E-state index in [4.69, 9.17) is 23.2 Å². The molecule has 3 rings (SSSR count). The van der Waals surface area contributed by atoms with Gasteiger partial charge in [0.15, 0.2) is 11.5 Å². The van der Waals surface area contributed by atoms with Gasteiger partial charge in [0.2, 0.25) is 0 Å². The number of benzene rings is 1. The van der Waals surface area contributed by atoms with Crippen molar-refractivity contribution < 1.29 is 0 Å². The quantitative estimate of drug-likeness (QED) is 0.630. The molecule has 3 aromatic rings. The van der Waals surface area contributed by atoms with Gasteiger partial charge in [0.25, 0.3) is 0 Å². The van der Waals surface area contributed by atoms with Gasteiger partial charge in [-0.05, 0) is 18.2 Å². The lowest BCUT2D eigenvalue weighted by molar-refractivity contribution is 1.08. The highest BCUT2D eigenvalue weighted by Gasteiger charge is 2.12. The van der Waals surface area contributed by atoms with Crippen molar-refractivity contribution in [2.24, 2.45) is 0 Å². The molecule has 0 unspecified atom stereocenters. The Balaban J connectivity index is 2.28. The van der Waals surface area contributed by atoms with E-state index in [9.17, 15) is 0 Å². The fraction of sp³-hybridized carbons (Fsp3) is 0. The van der Waals surface area contributed by atoms with Crippen molar-refractivity contribution in [1.29, 1.82) is 0 Å². The van der Waals surface area contributed by atoms with Crippen LogP contribution in [0.4, 0.5) is 0 Å². The van der Waals surface area contributed by atoms with Gasteiger partial charge >= 0.3 is 0 Å². The van der Waals surface area contributed by atoms with Crippen molar-refractivity contribution in [3.63, 3.8) is 0 Å². The smallest absolute Gasteiger partial charge is 0.170 e. The normalized spacial score (nSPS) is 11.1. The van der Waals surface area contributed by atoms with Crippen molar-refractivity contribution in [2.75, 3.05) is 0 Å². The first kappa shape index (κ1) is 11.9. The van der Waals surface area contributed by atoms with E-state index in [0.717, 1.165) is 10.0 Å². The predicted molar refractivity (Wildman–Crippen MR) is 73.9 cm³/mol. The van der Waals surface area contributed by atoms with Gasteiger partial charge in [-0.2, -0.15) is 0 Å². The zero-order valence-corrected chi connectivity index (χ0v) is 11.9. The van der Waals surface area contributed by atoms with Crippen LogP contribution in [0.5, 0.6) is 0 Å². The zero-order valence-electron chi connectivity index (χ0n) is 8.81. The van der Waals surface area contributed by atoms with Gasteiger partial charge in [-0.1, -0.05) is 39.1 Å². The molecule has 0 saturated carbocycles. The Morgan fingerprint density at radius 1 is 1.11 bits per heavy atom. The summed E-state index contributed by atoms with van der Waals surface area (Å²) in [7, 11) is 0. The fourth-order valence-corrected chi connectivity index (χ4v) is 2.36. The van der Waals surface area contributed by atoms with E-state index in [1.54, 1.807) is 22.9 Å². The molecule has 1 aromatic carbocycles. The fourth-order valence-electron chi connectivity index (χ4n) is 1.62. The SMILES string of the molecule is Clc1ccc(Br)c(-c2nnc3cc(Cl)ncn23)c1. The van der Waals surface area contributed by atoms with Crippen LogP contribution in [0.3, 0.4) is 0 Å². The predicted octanol–water partition coefficient (Wildman–Crippen LogP) is 3.86. The molecule has 0 amide bonds. The molecule has 0 aliphatic carbocycles. The van der Waals surface area contributed by atoms with Crippen LogP contribution < -0.4 is 0 Å². The minimum atomic E-state index is 0.381. The van der Waals surface area contributed by atoms with Crippen molar-refractivity contribution in [2.45, 2.75) is 0 Å². The van der Waals surface area contributed by atoms with Crippen LogP contribution in [0.25, 0.3) is 17.0 Å². The van der Waals surface area contributed by atoms with Crippen LogP contribution in [-0.4, -0.2) is 19.6 Å². The molecule has 0 fully saturated rings. The average Bonchev–Trinajstić information content (AvgIpc) is 2.75. The molecular formula is C11H5BrCl2N4. The Morgan fingerprint density at radius 2 is 1.94 bits per heavy atom. The Morgan fingerprint density at radius 3 is 2.78 bits per heavy atom.